The number of halogens is 4. The van der Waals surface area contributed by atoms with Gasteiger partial charge in [0.2, 0.25) is 0 Å². The number of alkyl halides is 3. The third-order valence-corrected chi connectivity index (χ3v) is 5.29. The van der Waals surface area contributed by atoms with Gasteiger partial charge in [0.05, 0.1) is 25.2 Å². The van der Waals surface area contributed by atoms with Gasteiger partial charge in [0, 0.05) is 39.9 Å². The first kappa shape index (κ1) is 21.7. The second-order valence-corrected chi connectivity index (χ2v) is 7.61. The summed E-state index contributed by atoms with van der Waals surface area (Å²) >= 11 is 6.17. The summed E-state index contributed by atoms with van der Waals surface area (Å²) in [5.41, 5.74) is -0.188. The molecule has 0 aliphatic rings. The minimum atomic E-state index is -4.66. The topological polar surface area (TPSA) is 90.6 Å². The average molecular weight is 486 g/mol. The van der Waals surface area contributed by atoms with Gasteiger partial charge in [-0.2, -0.15) is 13.2 Å². The Kier molecular flexibility index (Phi) is 5.13. The molecule has 1 aromatic carbocycles. The molecule has 8 nitrogen and oxygen atoms in total. The Bertz CT molecular complexity index is 1550. The first-order chi connectivity index (χ1) is 16.2. The van der Waals surface area contributed by atoms with E-state index in [0.717, 1.165) is 10.9 Å². The molecule has 0 saturated heterocycles. The molecular formula is C22H13ClF3N6O2. The van der Waals surface area contributed by atoms with Crippen LogP contribution >= 0.6 is 11.6 Å². The van der Waals surface area contributed by atoms with E-state index in [0.29, 0.717) is 33.0 Å². The van der Waals surface area contributed by atoms with Crippen molar-refractivity contribution >= 4 is 22.6 Å². The van der Waals surface area contributed by atoms with E-state index in [9.17, 15) is 18.0 Å². The summed E-state index contributed by atoms with van der Waals surface area (Å²) in [7, 11) is 1.41. The molecule has 0 atom stereocenters. The molecule has 12 heteroatoms. The molecule has 0 aliphatic heterocycles. The maximum Gasteiger partial charge on any atom is 0.436 e. The van der Waals surface area contributed by atoms with E-state index in [1.807, 2.05) is 0 Å². The number of hydrogen-bond donors (Lipinski definition) is 1. The number of aromatic nitrogens is 6. The maximum absolute atomic E-state index is 13.1. The Balaban J connectivity index is 1.67. The van der Waals surface area contributed by atoms with Crippen molar-refractivity contribution in [1.82, 2.24) is 29.5 Å². The maximum atomic E-state index is 13.1. The third-order valence-electron chi connectivity index (χ3n) is 5.05. The van der Waals surface area contributed by atoms with Crippen LogP contribution < -0.4 is 10.3 Å². The Morgan fingerprint density at radius 3 is 2.68 bits per heavy atom. The van der Waals surface area contributed by atoms with Gasteiger partial charge in [0.25, 0.3) is 5.56 Å². The molecule has 5 aromatic rings. The summed E-state index contributed by atoms with van der Waals surface area (Å²) in [6.45, 7) is 0. The summed E-state index contributed by atoms with van der Waals surface area (Å²) in [4.78, 5) is 20.3. The number of hydrogen-bond acceptors (Lipinski definition) is 5. The van der Waals surface area contributed by atoms with Gasteiger partial charge in [-0.1, -0.05) is 16.8 Å². The van der Waals surface area contributed by atoms with Crippen LogP contribution in [0.2, 0.25) is 5.02 Å². The second-order valence-electron chi connectivity index (χ2n) is 7.17. The van der Waals surface area contributed by atoms with E-state index in [-0.39, 0.29) is 11.4 Å². The summed E-state index contributed by atoms with van der Waals surface area (Å²) in [6, 6.07) is 12.4. The predicted octanol–water partition coefficient (Wildman–Crippen LogP) is 4.44. The fourth-order valence-corrected chi connectivity index (χ4v) is 3.67. The van der Waals surface area contributed by atoms with E-state index in [2.05, 4.69) is 26.3 Å². The molecule has 5 rings (SSSR count). The number of pyridine rings is 2. The lowest BCUT2D eigenvalue weighted by Gasteiger charge is -2.15. The van der Waals surface area contributed by atoms with Crippen molar-refractivity contribution < 1.29 is 17.9 Å². The minimum Gasteiger partial charge on any atom is -0.495 e. The first-order valence-electron chi connectivity index (χ1n) is 9.71. The molecule has 0 aliphatic carbocycles. The monoisotopic (exact) mass is 485 g/mol. The summed E-state index contributed by atoms with van der Waals surface area (Å²) in [6.07, 6.45) is -0.842. The normalized spacial score (nSPS) is 11.8. The van der Waals surface area contributed by atoms with Gasteiger partial charge in [-0.3, -0.25) is 9.36 Å². The van der Waals surface area contributed by atoms with Crippen molar-refractivity contribution in [3.63, 3.8) is 0 Å². The van der Waals surface area contributed by atoms with Gasteiger partial charge in [0.15, 0.2) is 5.69 Å². The van der Waals surface area contributed by atoms with Crippen molar-refractivity contribution in [2.75, 3.05) is 7.11 Å². The van der Waals surface area contributed by atoms with Crippen molar-refractivity contribution in [3.8, 4) is 28.4 Å². The Labute approximate surface area is 194 Å². The first-order valence-corrected chi connectivity index (χ1v) is 10.1. The standard InChI is InChI=1S/C22H13ClF3N6O2/c1-34-17-10-31(19-7-12-3-2-6-27-21(12)28-19)20(33)9-15(17)14-8-13(23)4-5-16(14)32-11-18(29-30-32)22(24,25)26/h2-6,8-11H,1H3,(H,27,28). The van der Waals surface area contributed by atoms with Gasteiger partial charge in [-0.05, 0) is 30.3 Å². The van der Waals surface area contributed by atoms with Crippen molar-refractivity contribution in [2.24, 2.45) is 0 Å². The van der Waals surface area contributed by atoms with Crippen molar-refractivity contribution in [2.45, 2.75) is 6.18 Å². The number of aromatic amines is 1. The van der Waals surface area contributed by atoms with Crippen LogP contribution in [-0.4, -0.2) is 36.6 Å². The largest absolute Gasteiger partial charge is 0.495 e. The molecule has 0 fully saturated rings. The number of ether oxygens (including phenoxy) is 1. The molecule has 0 unspecified atom stereocenters. The lowest BCUT2D eigenvalue weighted by atomic mass is 10.0. The highest BCUT2D eigenvalue weighted by molar-refractivity contribution is 6.31. The lowest BCUT2D eigenvalue weighted by Crippen LogP contribution is -2.18. The predicted molar refractivity (Wildman–Crippen MR) is 117 cm³/mol. The zero-order valence-corrected chi connectivity index (χ0v) is 18.0. The zero-order valence-electron chi connectivity index (χ0n) is 17.3. The van der Waals surface area contributed by atoms with Crippen LogP contribution in [0.1, 0.15) is 5.69 Å². The molecule has 4 heterocycles. The molecule has 0 bridgehead atoms. The van der Waals surface area contributed by atoms with E-state index in [1.165, 1.54) is 42.1 Å². The number of benzene rings is 1. The number of nitrogens with zero attached hydrogens (tertiary/aromatic N) is 5. The Morgan fingerprint density at radius 2 is 1.97 bits per heavy atom. The molecule has 0 amide bonds. The number of H-pyrrole nitrogens is 1. The van der Waals surface area contributed by atoms with Crippen LogP contribution in [0, 0.1) is 6.07 Å². The summed E-state index contributed by atoms with van der Waals surface area (Å²) in [5.74, 6) is 0.611. The molecule has 0 saturated carbocycles. The number of nitrogens with one attached hydrogen (secondary N) is 1. The SMILES string of the molecule is COc1cn(-c2[c]c3cccnc3[nH]2)c(=O)cc1-c1cc(Cl)ccc1-n1cc(C(F)(F)F)nn1. The van der Waals surface area contributed by atoms with E-state index >= 15 is 0 Å². The van der Waals surface area contributed by atoms with Gasteiger partial charge < -0.3 is 9.72 Å². The van der Waals surface area contributed by atoms with Crippen LogP contribution in [0.25, 0.3) is 33.7 Å². The Hall–Kier alpha value is -4.12. The number of fused-ring (bicyclic) bond motifs is 1. The smallest absolute Gasteiger partial charge is 0.436 e. The van der Waals surface area contributed by atoms with E-state index < -0.39 is 17.4 Å². The molecular weight excluding hydrogens is 473 g/mol. The molecule has 4 aromatic heterocycles. The second kappa shape index (κ2) is 8.03. The quantitative estimate of drug-likeness (QED) is 0.406. The fraction of sp³-hybridized carbons (Fsp3) is 0.0909. The van der Waals surface area contributed by atoms with Crippen LogP contribution in [0.15, 0.2) is 59.8 Å². The number of methoxy groups -OCH3 is 1. The summed E-state index contributed by atoms with van der Waals surface area (Å²) in [5, 5.41) is 7.79. The van der Waals surface area contributed by atoms with E-state index in [1.54, 1.807) is 18.3 Å². The molecule has 1 N–H and O–H groups in total. The van der Waals surface area contributed by atoms with Crippen molar-refractivity contribution in [3.05, 3.63) is 82.1 Å². The van der Waals surface area contributed by atoms with Gasteiger partial charge >= 0.3 is 6.18 Å². The zero-order chi connectivity index (χ0) is 24.0. The van der Waals surface area contributed by atoms with E-state index in [4.69, 9.17) is 16.3 Å². The van der Waals surface area contributed by atoms with Gasteiger partial charge in [-0.15, -0.1) is 5.10 Å². The van der Waals surface area contributed by atoms with Crippen LogP contribution in [0.5, 0.6) is 5.75 Å². The van der Waals surface area contributed by atoms with Crippen LogP contribution in [-0.2, 0) is 6.18 Å². The van der Waals surface area contributed by atoms with Crippen molar-refractivity contribution in [1.29, 1.82) is 0 Å². The highest BCUT2D eigenvalue weighted by Crippen LogP contribution is 2.36. The molecule has 1 radical (unpaired) electrons. The minimum absolute atomic E-state index is 0.226. The van der Waals surface area contributed by atoms with Gasteiger partial charge in [0.1, 0.15) is 17.2 Å². The molecule has 34 heavy (non-hydrogen) atoms. The molecule has 0 spiro atoms. The average Bonchev–Trinajstić information content (AvgIpc) is 3.46. The lowest BCUT2D eigenvalue weighted by molar-refractivity contribution is -0.141. The number of rotatable bonds is 4. The highest BCUT2D eigenvalue weighted by Gasteiger charge is 2.34. The Morgan fingerprint density at radius 1 is 1.15 bits per heavy atom. The highest BCUT2D eigenvalue weighted by atomic mass is 35.5. The van der Waals surface area contributed by atoms with Gasteiger partial charge in [-0.25, -0.2) is 9.67 Å². The molecule has 171 valence electrons. The summed E-state index contributed by atoms with van der Waals surface area (Å²) < 4.78 is 46.9. The third kappa shape index (κ3) is 3.79. The van der Waals surface area contributed by atoms with Crippen LogP contribution in [0.4, 0.5) is 13.2 Å². The fourth-order valence-electron chi connectivity index (χ4n) is 3.49. The van der Waals surface area contributed by atoms with Crippen LogP contribution in [0.3, 0.4) is 0 Å².